The maximum absolute atomic E-state index is 13.5. The molecule has 0 aliphatic carbocycles. The topological polar surface area (TPSA) is 38.4 Å². The summed E-state index contributed by atoms with van der Waals surface area (Å²) in [4.78, 5) is 16.7. The molecule has 1 aliphatic rings. The molecule has 1 aliphatic heterocycles. The fourth-order valence-corrected chi connectivity index (χ4v) is 7.56. The number of ether oxygens (including phenoxy) is 1. The molecule has 0 fully saturated rings. The lowest BCUT2D eigenvalue weighted by Crippen LogP contribution is -2.39. The first kappa shape index (κ1) is 23.0. The van der Waals surface area contributed by atoms with Crippen LogP contribution in [0, 0.1) is 0 Å². The van der Waals surface area contributed by atoms with Crippen LogP contribution in [0.4, 0.5) is 5.69 Å². The van der Waals surface area contributed by atoms with Gasteiger partial charge in [0.1, 0.15) is 20.0 Å². The third-order valence-electron chi connectivity index (χ3n) is 6.07. The molecule has 1 atom stereocenters. The first-order chi connectivity index (χ1) is 16.5. The van der Waals surface area contributed by atoms with Gasteiger partial charge in [-0.1, -0.05) is 53.4 Å². The zero-order valence-corrected chi connectivity index (χ0v) is 22.0. The standard InChI is InChI=1S/C26H26N3O2S3/c1-5-28-23(16-22-29(13-14-32-22)17(2)18-9-7-6-8-10-18)34-24(25(28)30)26-27(3)20-12-11-19(31-4)15-21(20)33-26/h6-17H,5H2,1-4H3/q+1/b26-24+. The molecule has 0 saturated heterocycles. The zero-order chi connectivity index (χ0) is 23.8. The third-order valence-corrected chi connectivity index (χ3v) is 9.37. The first-order valence-corrected chi connectivity index (χ1v) is 13.6. The van der Waals surface area contributed by atoms with Crippen molar-refractivity contribution in [3.8, 4) is 5.75 Å². The molecule has 5 rings (SSSR count). The number of thioether (sulfide) groups is 1. The third kappa shape index (κ3) is 4.00. The fourth-order valence-electron chi connectivity index (χ4n) is 4.16. The summed E-state index contributed by atoms with van der Waals surface area (Å²) in [6.07, 6.45) is 4.27. The molecule has 174 valence electrons. The molecule has 2 aromatic heterocycles. The van der Waals surface area contributed by atoms with E-state index < -0.39 is 0 Å². The Morgan fingerprint density at radius 1 is 1.18 bits per heavy atom. The second kappa shape index (κ2) is 9.44. The number of fused-ring (bicyclic) bond motifs is 1. The summed E-state index contributed by atoms with van der Waals surface area (Å²) >= 11 is 4.89. The van der Waals surface area contributed by atoms with Crippen molar-refractivity contribution in [2.24, 2.45) is 0 Å². The molecule has 0 radical (unpaired) electrons. The van der Waals surface area contributed by atoms with Crippen molar-refractivity contribution in [1.82, 2.24) is 4.57 Å². The maximum Gasteiger partial charge on any atom is 0.271 e. The minimum absolute atomic E-state index is 0.0621. The van der Waals surface area contributed by atoms with Crippen molar-refractivity contribution >= 4 is 51.2 Å². The molecule has 5 nitrogen and oxygen atoms in total. The number of nitrogens with zero attached hydrogens (tertiary/aromatic N) is 3. The van der Waals surface area contributed by atoms with Gasteiger partial charge in [0.15, 0.2) is 12.2 Å². The quantitative estimate of drug-likeness (QED) is 0.382. The van der Waals surface area contributed by atoms with Crippen LogP contribution in [0.5, 0.6) is 5.75 Å². The molecular formula is C26H26N3O2S3+. The van der Waals surface area contributed by atoms with Crippen molar-refractivity contribution in [1.29, 1.82) is 0 Å². The lowest BCUT2D eigenvalue weighted by Gasteiger charge is -2.12. The van der Waals surface area contributed by atoms with Gasteiger partial charge in [-0.25, -0.2) is 0 Å². The Kier molecular flexibility index (Phi) is 6.38. The normalized spacial score (nSPS) is 16.1. The van der Waals surface area contributed by atoms with Crippen LogP contribution in [-0.4, -0.2) is 18.7 Å². The molecule has 3 heterocycles. The summed E-state index contributed by atoms with van der Waals surface area (Å²) in [5, 5.41) is 4.20. The summed E-state index contributed by atoms with van der Waals surface area (Å²) in [5.74, 6) is 0.821. The number of methoxy groups -OCH3 is 1. The second-order valence-electron chi connectivity index (χ2n) is 8.00. The number of anilines is 1. The summed E-state index contributed by atoms with van der Waals surface area (Å²) < 4.78 is 11.3. The van der Waals surface area contributed by atoms with Gasteiger partial charge in [-0.2, -0.15) is 4.57 Å². The first-order valence-electron chi connectivity index (χ1n) is 11.1. The van der Waals surface area contributed by atoms with Crippen LogP contribution in [0.2, 0.25) is 0 Å². The highest BCUT2D eigenvalue weighted by molar-refractivity contribution is 8.08. The van der Waals surface area contributed by atoms with Crippen LogP contribution in [-0.2, 0) is 6.54 Å². The molecule has 0 saturated carbocycles. The lowest BCUT2D eigenvalue weighted by molar-refractivity contribution is -0.707. The number of aromatic nitrogens is 2. The Balaban J connectivity index is 1.62. The molecule has 1 unspecified atom stereocenters. The van der Waals surface area contributed by atoms with E-state index in [-0.39, 0.29) is 11.6 Å². The zero-order valence-electron chi connectivity index (χ0n) is 19.5. The summed E-state index contributed by atoms with van der Waals surface area (Å²) in [6, 6.07) is 16.7. The predicted molar refractivity (Wildman–Crippen MR) is 143 cm³/mol. The van der Waals surface area contributed by atoms with E-state index in [0.29, 0.717) is 6.54 Å². The van der Waals surface area contributed by atoms with Gasteiger partial charge >= 0.3 is 0 Å². The molecule has 34 heavy (non-hydrogen) atoms. The largest absolute Gasteiger partial charge is 0.497 e. The highest BCUT2D eigenvalue weighted by Crippen LogP contribution is 2.46. The van der Waals surface area contributed by atoms with E-state index in [1.165, 1.54) is 5.56 Å². The van der Waals surface area contributed by atoms with E-state index >= 15 is 0 Å². The van der Waals surface area contributed by atoms with E-state index in [2.05, 4.69) is 58.3 Å². The fraction of sp³-hybridized carbons (Fsp3) is 0.231. The summed E-state index contributed by atoms with van der Waals surface area (Å²) in [7, 11) is 3.70. The summed E-state index contributed by atoms with van der Waals surface area (Å²) in [6.45, 7) is 4.86. The van der Waals surface area contributed by atoms with Gasteiger partial charge < -0.3 is 9.64 Å². The van der Waals surface area contributed by atoms with E-state index in [1.807, 2.05) is 42.8 Å². The Labute approximate surface area is 210 Å². The minimum Gasteiger partial charge on any atom is -0.497 e. The van der Waals surface area contributed by atoms with E-state index in [0.717, 1.165) is 35.6 Å². The molecule has 0 spiro atoms. The average Bonchev–Trinajstić information content (AvgIpc) is 3.54. The van der Waals surface area contributed by atoms with Gasteiger partial charge in [-0.15, -0.1) is 11.3 Å². The van der Waals surface area contributed by atoms with Crippen LogP contribution in [0.15, 0.2) is 69.8 Å². The highest BCUT2D eigenvalue weighted by atomic mass is 32.2. The van der Waals surface area contributed by atoms with Gasteiger partial charge in [0.2, 0.25) is 0 Å². The molecule has 8 heteroatoms. The van der Waals surface area contributed by atoms with E-state index in [4.69, 9.17) is 4.74 Å². The van der Waals surface area contributed by atoms with Crippen molar-refractivity contribution in [3.63, 3.8) is 0 Å². The number of thiazole rings is 2. The van der Waals surface area contributed by atoms with Crippen LogP contribution in [0.1, 0.15) is 30.5 Å². The average molecular weight is 509 g/mol. The van der Waals surface area contributed by atoms with E-state index in [9.17, 15) is 4.79 Å². The maximum atomic E-state index is 13.5. The molecule has 0 N–H and O–H groups in total. The van der Waals surface area contributed by atoms with Crippen molar-refractivity contribution in [2.45, 2.75) is 31.3 Å². The number of rotatable bonds is 5. The second-order valence-corrected chi connectivity index (χ2v) is 11.0. The monoisotopic (exact) mass is 508 g/mol. The molecular weight excluding hydrogens is 483 g/mol. The van der Waals surface area contributed by atoms with Crippen LogP contribution in [0.3, 0.4) is 0 Å². The van der Waals surface area contributed by atoms with Crippen molar-refractivity contribution in [2.75, 3.05) is 19.1 Å². The Bertz CT molecular complexity index is 1520. The van der Waals surface area contributed by atoms with Crippen molar-refractivity contribution < 1.29 is 9.30 Å². The van der Waals surface area contributed by atoms with Gasteiger partial charge in [0.25, 0.3) is 10.6 Å². The van der Waals surface area contributed by atoms with Gasteiger partial charge in [0.05, 0.1) is 24.3 Å². The van der Waals surface area contributed by atoms with Gasteiger partial charge in [-0.05, 0) is 25.1 Å². The smallest absolute Gasteiger partial charge is 0.271 e. The number of hydrogen-bond donors (Lipinski definition) is 0. The minimum atomic E-state index is 0.0621. The van der Waals surface area contributed by atoms with E-state index in [1.54, 1.807) is 41.5 Å². The van der Waals surface area contributed by atoms with Crippen molar-refractivity contribution in [3.05, 3.63) is 90.2 Å². The SMILES string of the molecule is CCn1c(=O)/c(=C2\Sc3cc(OC)ccc3N2C)s/c1=C\c1scc[n+]1C(C)c1ccccc1. The van der Waals surface area contributed by atoms with Crippen LogP contribution in [0.25, 0.3) is 11.1 Å². The molecule has 0 bridgehead atoms. The van der Waals surface area contributed by atoms with Crippen LogP contribution >= 0.6 is 34.4 Å². The summed E-state index contributed by atoms with van der Waals surface area (Å²) in [5.41, 5.74) is 2.41. The Morgan fingerprint density at radius 3 is 2.71 bits per heavy atom. The molecule has 2 aromatic carbocycles. The molecule has 4 aromatic rings. The predicted octanol–water partition coefficient (Wildman–Crippen LogP) is 4.03. The Morgan fingerprint density at radius 2 is 1.97 bits per heavy atom. The highest BCUT2D eigenvalue weighted by Gasteiger charge is 2.26. The molecule has 0 amide bonds. The lowest BCUT2D eigenvalue weighted by atomic mass is 10.1. The number of hydrogen-bond acceptors (Lipinski definition) is 6. The number of benzene rings is 2. The van der Waals surface area contributed by atoms with Crippen LogP contribution < -0.4 is 29.0 Å². The Hall–Kier alpha value is -2.81. The van der Waals surface area contributed by atoms with Gasteiger partial charge in [0, 0.05) is 31.0 Å². The van der Waals surface area contributed by atoms with Gasteiger partial charge in [-0.3, -0.25) is 9.36 Å².